The van der Waals surface area contributed by atoms with Crippen LogP contribution in [-0.4, -0.2) is 18.7 Å². The van der Waals surface area contributed by atoms with Crippen LogP contribution in [-0.2, 0) is 10.1 Å². The van der Waals surface area contributed by atoms with Crippen LogP contribution in [0.25, 0.3) is 12.2 Å². The summed E-state index contributed by atoms with van der Waals surface area (Å²) in [6.07, 6.45) is 2.80. The van der Waals surface area contributed by atoms with Crippen molar-refractivity contribution in [1.29, 1.82) is 0 Å². The lowest BCUT2D eigenvalue weighted by atomic mass is 10.2. The van der Waals surface area contributed by atoms with Crippen LogP contribution in [0.1, 0.15) is 16.8 Å². The zero-order valence-electron chi connectivity index (χ0n) is 12.3. The second-order valence-corrected chi connectivity index (χ2v) is 6.33. The lowest BCUT2D eigenvalue weighted by molar-refractivity contribution is -0.0549. The molecule has 1 aromatic heterocycles. The standard InChI is InChI=1S/C15H12F3NO4S/c1-11-9-13(8-7-12-5-3-2-4-6-12)19(14(20)10-11)23-24(21,22)15(16,17)18/h2-10H,1H3/b8-7+. The van der Waals surface area contributed by atoms with E-state index in [1.165, 1.54) is 18.2 Å². The molecule has 0 atom stereocenters. The van der Waals surface area contributed by atoms with Crippen LogP contribution in [0.4, 0.5) is 13.2 Å². The minimum absolute atomic E-state index is 0.0925. The Balaban J connectivity index is 2.49. The Kier molecular flexibility index (Phi) is 4.83. The van der Waals surface area contributed by atoms with Gasteiger partial charge in [-0.15, -0.1) is 4.73 Å². The zero-order chi connectivity index (χ0) is 18.0. The maximum atomic E-state index is 12.5. The summed E-state index contributed by atoms with van der Waals surface area (Å²) in [5.74, 6) is 0. The van der Waals surface area contributed by atoms with E-state index in [1.807, 2.05) is 0 Å². The summed E-state index contributed by atoms with van der Waals surface area (Å²) in [5.41, 5.74) is -5.67. The van der Waals surface area contributed by atoms with Crippen LogP contribution >= 0.6 is 0 Å². The van der Waals surface area contributed by atoms with Gasteiger partial charge in [-0.2, -0.15) is 21.6 Å². The van der Waals surface area contributed by atoms with E-state index in [9.17, 15) is 26.4 Å². The molecule has 9 heteroatoms. The quantitative estimate of drug-likeness (QED) is 0.787. The largest absolute Gasteiger partial charge is 0.536 e. The molecule has 5 nitrogen and oxygen atoms in total. The normalized spacial score (nSPS) is 12.5. The van der Waals surface area contributed by atoms with Crippen LogP contribution in [0.15, 0.2) is 47.3 Å². The number of aryl methyl sites for hydroxylation is 1. The maximum Gasteiger partial charge on any atom is 0.536 e. The number of nitrogens with zero attached hydrogens (tertiary/aromatic N) is 1. The Hall–Kier alpha value is -2.55. The predicted molar refractivity (Wildman–Crippen MR) is 82.4 cm³/mol. The first-order valence-electron chi connectivity index (χ1n) is 6.58. The molecule has 2 aromatic rings. The monoisotopic (exact) mass is 359 g/mol. The Morgan fingerprint density at radius 1 is 1.08 bits per heavy atom. The molecule has 24 heavy (non-hydrogen) atoms. The van der Waals surface area contributed by atoms with E-state index in [0.717, 1.165) is 6.07 Å². The second kappa shape index (κ2) is 6.52. The summed E-state index contributed by atoms with van der Waals surface area (Å²) >= 11 is 0. The molecule has 0 aliphatic rings. The fraction of sp³-hybridized carbons (Fsp3) is 0.133. The molecule has 0 amide bonds. The van der Waals surface area contributed by atoms with Crippen molar-refractivity contribution in [2.24, 2.45) is 0 Å². The molecule has 0 aliphatic heterocycles. The Morgan fingerprint density at radius 2 is 1.71 bits per heavy atom. The van der Waals surface area contributed by atoms with E-state index in [4.69, 9.17) is 0 Å². The number of hydrogen-bond donors (Lipinski definition) is 0. The van der Waals surface area contributed by atoms with Gasteiger partial charge in [0.2, 0.25) is 0 Å². The summed E-state index contributed by atoms with van der Waals surface area (Å²) < 4.78 is 63.8. The van der Waals surface area contributed by atoms with Crippen molar-refractivity contribution in [3.63, 3.8) is 0 Å². The van der Waals surface area contributed by atoms with Gasteiger partial charge in [-0.3, -0.25) is 9.08 Å². The molecule has 0 N–H and O–H groups in total. The van der Waals surface area contributed by atoms with Crippen molar-refractivity contribution < 1.29 is 25.9 Å². The van der Waals surface area contributed by atoms with Gasteiger partial charge < -0.3 is 0 Å². The third-order valence-electron chi connectivity index (χ3n) is 2.86. The molecule has 1 heterocycles. The Bertz CT molecular complexity index is 916. The predicted octanol–water partition coefficient (Wildman–Crippen LogP) is 2.61. The van der Waals surface area contributed by atoms with Crippen molar-refractivity contribution in [2.45, 2.75) is 12.4 Å². The molecule has 2 rings (SSSR count). The van der Waals surface area contributed by atoms with Gasteiger partial charge in [0.25, 0.3) is 5.56 Å². The number of aromatic nitrogens is 1. The molecule has 0 spiro atoms. The van der Waals surface area contributed by atoms with E-state index in [2.05, 4.69) is 4.28 Å². The molecule has 0 aliphatic carbocycles. The van der Waals surface area contributed by atoms with Crippen molar-refractivity contribution in [2.75, 3.05) is 0 Å². The average molecular weight is 359 g/mol. The number of rotatable bonds is 4. The molecular formula is C15H12F3NO4S. The lowest BCUT2D eigenvalue weighted by Crippen LogP contribution is -2.38. The van der Waals surface area contributed by atoms with Gasteiger partial charge >= 0.3 is 15.6 Å². The van der Waals surface area contributed by atoms with Crippen LogP contribution in [0.2, 0.25) is 0 Å². The second-order valence-electron chi connectivity index (χ2n) is 4.81. The van der Waals surface area contributed by atoms with Gasteiger partial charge in [0, 0.05) is 6.07 Å². The first-order chi connectivity index (χ1) is 11.1. The Morgan fingerprint density at radius 3 is 2.29 bits per heavy atom. The number of benzene rings is 1. The smallest absolute Gasteiger partial charge is 0.277 e. The van der Waals surface area contributed by atoms with Gasteiger partial charge in [0.05, 0.1) is 5.69 Å². The van der Waals surface area contributed by atoms with Crippen LogP contribution in [0, 0.1) is 6.92 Å². The Labute approximate surface area is 135 Å². The van der Waals surface area contributed by atoms with Gasteiger partial charge in [-0.1, -0.05) is 36.4 Å². The highest BCUT2D eigenvalue weighted by Gasteiger charge is 2.49. The first kappa shape index (κ1) is 17.8. The number of pyridine rings is 1. The highest BCUT2D eigenvalue weighted by Crippen LogP contribution is 2.23. The third kappa shape index (κ3) is 4.05. The van der Waals surface area contributed by atoms with E-state index < -0.39 is 21.2 Å². The fourth-order valence-corrected chi connectivity index (χ4v) is 2.24. The van der Waals surface area contributed by atoms with Gasteiger partial charge in [0.1, 0.15) is 0 Å². The van der Waals surface area contributed by atoms with Crippen LogP contribution in [0.5, 0.6) is 0 Å². The topological polar surface area (TPSA) is 65.4 Å². The van der Waals surface area contributed by atoms with Gasteiger partial charge in [-0.25, -0.2) is 0 Å². The summed E-state index contributed by atoms with van der Waals surface area (Å²) in [5, 5.41) is 0. The highest BCUT2D eigenvalue weighted by atomic mass is 32.2. The fourth-order valence-electron chi connectivity index (χ4n) is 1.80. The lowest BCUT2D eigenvalue weighted by Gasteiger charge is -2.13. The zero-order valence-corrected chi connectivity index (χ0v) is 13.1. The van der Waals surface area contributed by atoms with Crippen molar-refractivity contribution in [3.05, 3.63) is 69.6 Å². The third-order valence-corrected chi connectivity index (χ3v) is 3.78. The molecular weight excluding hydrogens is 347 g/mol. The van der Waals surface area contributed by atoms with Crippen molar-refractivity contribution in [1.82, 2.24) is 4.73 Å². The van der Waals surface area contributed by atoms with E-state index in [0.29, 0.717) is 11.1 Å². The van der Waals surface area contributed by atoms with E-state index in [1.54, 1.807) is 37.3 Å². The molecule has 0 saturated carbocycles. The summed E-state index contributed by atoms with van der Waals surface area (Å²) in [4.78, 5) is 11.8. The summed E-state index contributed by atoms with van der Waals surface area (Å²) in [6, 6.07) is 11.0. The maximum absolute atomic E-state index is 12.5. The molecule has 0 fully saturated rings. The van der Waals surface area contributed by atoms with E-state index >= 15 is 0 Å². The van der Waals surface area contributed by atoms with Crippen LogP contribution in [0.3, 0.4) is 0 Å². The number of hydrogen-bond acceptors (Lipinski definition) is 4. The molecule has 0 bridgehead atoms. The summed E-state index contributed by atoms with van der Waals surface area (Å²) in [6.45, 7) is 1.55. The average Bonchev–Trinajstić information content (AvgIpc) is 2.48. The molecule has 128 valence electrons. The number of alkyl halides is 3. The SMILES string of the molecule is Cc1cc(/C=C/c2ccccc2)n(OS(=O)(=O)C(F)(F)F)c(=O)c1. The van der Waals surface area contributed by atoms with Crippen molar-refractivity contribution >= 4 is 22.3 Å². The molecule has 1 aromatic carbocycles. The van der Waals surface area contributed by atoms with Gasteiger partial charge in [0.15, 0.2) is 0 Å². The van der Waals surface area contributed by atoms with Crippen molar-refractivity contribution in [3.8, 4) is 0 Å². The molecule has 0 saturated heterocycles. The van der Waals surface area contributed by atoms with E-state index in [-0.39, 0.29) is 10.4 Å². The molecule has 0 unspecified atom stereocenters. The first-order valence-corrected chi connectivity index (χ1v) is 7.99. The number of halogens is 3. The van der Waals surface area contributed by atoms with Crippen LogP contribution < -0.4 is 9.84 Å². The summed E-state index contributed by atoms with van der Waals surface area (Å²) in [7, 11) is -5.96. The minimum Gasteiger partial charge on any atom is -0.277 e. The van der Waals surface area contributed by atoms with Gasteiger partial charge in [-0.05, 0) is 30.2 Å². The molecule has 0 radical (unpaired) electrons. The minimum atomic E-state index is -5.96. The highest BCUT2D eigenvalue weighted by molar-refractivity contribution is 7.87.